The summed E-state index contributed by atoms with van der Waals surface area (Å²) >= 11 is 0. The highest BCUT2D eigenvalue weighted by Gasteiger charge is 2.20. The molecule has 0 fully saturated rings. The van der Waals surface area contributed by atoms with Gasteiger partial charge in [-0.3, -0.25) is 19.2 Å². The lowest BCUT2D eigenvalue weighted by Gasteiger charge is -2.13. The van der Waals surface area contributed by atoms with Crippen molar-refractivity contribution in [2.45, 2.75) is 64.5 Å². The van der Waals surface area contributed by atoms with Gasteiger partial charge < -0.3 is 50.2 Å². The molecular formula is C27H51N5O11. The van der Waals surface area contributed by atoms with Crippen LogP contribution in [0.25, 0.3) is 0 Å². The van der Waals surface area contributed by atoms with Crippen molar-refractivity contribution in [3.8, 4) is 0 Å². The molecule has 0 saturated heterocycles. The standard InChI is InChI=1S/C27H51N5O11/c1-4-23(33)31-22(27(37)38)8-9-24(34)29-11-13-40-15-18-43-20-26(36)30-12-14-41-16-17-42-19-25(35)28-10-6-5-7-21(2)32-39-3/h21-22,32H,4-20H2,1-3H3,(H,28,35)(H,29,34)(H,30,36)(H,31,33)(H,37,38)/t21-,22+/m1/s1. The van der Waals surface area contributed by atoms with Crippen LogP contribution in [-0.4, -0.2) is 126 Å². The number of carbonyl (C=O) groups is 5. The number of rotatable bonds is 29. The summed E-state index contributed by atoms with van der Waals surface area (Å²) in [7, 11) is 1.58. The second-order valence-corrected chi connectivity index (χ2v) is 9.45. The van der Waals surface area contributed by atoms with E-state index in [1.807, 2.05) is 6.92 Å². The van der Waals surface area contributed by atoms with Crippen LogP contribution in [0.2, 0.25) is 0 Å². The Morgan fingerprint density at radius 2 is 1.21 bits per heavy atom. The van der Waals surface area contributed by atoms with Gasteiger partial charge in [0.25, 0.3) is 0 Å². The van der Waals surface area contributed by atoms with Gasteiger partial charge in [-0.05, 0) is 26.2 Å². The average Bonchev–Trinajstić information content (AvgIpc) is 2.97. The molecule has 4 amide bonds. The zero-order valence-electron chi connectivity index (χ0n) is 25.7. The van der Waals surface area contributed by atoms with E-state index in [9.17, 15) is 24.0 Å². The number of ether oxygens (including phenoxy) is 4. The number of nitrogens with one attached hydrogen (secondary N) is 5. The largest absolute Gasteiger partial charge is 0.480 e. The molecule has 0 rings (SSSR count). The molecule has 0 saturated carbocycles. The van der Waals surface area contributed by atoms with Gasteiger partial charge in [0.1, 0.15) is 19.3 Å². The highest BCUT2D eigenvalue weighted by atomic mass is 16.6. The fourth-order valence-corrected chi connectivity index (χ4v) is 3.38. The number of hydrogen-bond donors (Lipinski definition) is 6. The maximum atomic E-state index is 11.8. The minimum absolute atomic E-state index is 0.0143. The summed E-state index contributed by atoms with van der Waals surface area (Å²) in [6, 6.07) is -0.843. The minimum Gasteiger partial charge on any atom is -0.480 e. The third-order valence-electron chi connectivity index (χ3n) is 5.67. The van der Waals surface area contributed by atoms with Gasteiger partial charge in [0.2, 0.25) is 23.6 Å². The van der Waals surface area contributed by atoms with Crippen LogP contribution < -0.4 is 26.7 Å². The van der Waals surface area contributed by atoms with Crippen LogP contribution in [0.5, 0.6) is 0 Å². The molecule has 0 heterocycles. The predicted molar refractivity (Wildman–Crippen MR) is 155 cm³/mol. The van der Waals surface area contributed by atoms with Crippen LogP contribution in [0.4, 0.5) is 0 Å². The number of hydrogen-bond acceptors (Lipinski definition) is 11. The van der Waals surface area contributed by atoms with Gasteiger partial charge in [-0.2, -0.15) is 0 Å². The van der Waals surface area contributed by atoms with E-state index in [0.717, 1.165) is 19.3 Å². The normalized spacial score (nSPS) is 12.3. The van der Waals surface area contributed by atoms with Crippen LogP contribution in [-0.2, 0) is 47.8 Å². The molecule has 0 unspecified atom stereocenters. The molecular weight excluding hydrogens is 570 g/mol. The first-order valence-corrected chi connectivity index (χ1v) is 14.6. The second kappa shape index (κ2) is 27.9. The van der Waals surface area contributed by atoms with Crippen molar-refractivity contribution < 1.29 is 52.9 Å². The van der Waals surface area contributed by atoms with Crippen LogP contribution >= 0.6 is 0 Å². The number of hydroxylamine groups is 1. The number of unbranched alkanes of at least 4 members (excludes halogenated alkanes) is 1. The molecule has 0 aliphatic rings. The Bertz CT molecular complexity index is 788. The van der Waals surface area contributed by atoms with Gasteiger partial charge in [-0.1, -0.05) is 13.3 Å². The topological polar surface area (TPSA) is 212 Å². The van der Waals surface area contributed by atoms with Gasteiger partial charge in [0, 0.05) is 38.5 Å². The van der Waals surface area contributed by atoms with Gasteiger partial charge in [0.15, 0.2) is 0 Å². The lowest BCUT2D eigenvalue weighted by molar-refractivity contribution is -0.142. The first-order valence-electron chi connectivity index (χ1n) is 14.6. The maximum absolute atomic E-state index is 11.8. The number of carboxylic acids is 1. The summed E-state index contributed by atoms with van der Waals surface area (Å²) < 4.78 is 21.2. The fraction of sp³-hybridized carbons (Fsp3) is 0.815. The highest BCUT2D eigenvalue weighted by molar-refractivity contribution is 5.84. The van der Waals surface area contributed by atoms with Gasteiger partial charge in [-0.25, -0.2) is 10.3 Å². The Balaban J connectivity index is 3.52. The Morgan fingerprint density at radius 1 is 0.674 bits per heavy atom. The monoisotopic (exact) mass is 621 g/mol. The third kappa shape index (κ3) is 26.5. The Morgan fingerprint density at radius 3 is 1.74 bits per heavy atom. The molecule has 2 atom stereocenters. The Labute approximate surface area is 253 Å². The average molecular weight is 622 g/mol. The molecule has 16 nitrogen and oxygen atoms in total. The van der Waals surface area contributed by atoms with Crippen molar-refractivity contribution in [2.75, 3.05) is 79.6 Å². The summed E-state index contributed by atoms with van der Waals surface area (Å²) in [4.78, 5) is 62.7. The Hall–Kier alpha value is -2.89. The van der Waals surface area contributed by atoms with Crippen molar-refractivity contribution in [1.82, 2.24) is 26.7 Å². The summed E-state index contributed by atoms with van der Waals surface area (Å²) in [6.45, 7) is 6.06. The van der Waals surface area contributed by atoms with Crippen molar-refractivity contribution in [3.63, 3.8) is 0 Å². The number of carbonyl (C=O) groups excluding carboxylic acids is 4. The van der Waals surface area contributed by atoms with Gasteiger partial charge in [-0.15, -0.1) is 0 Å². The van der Waals surface area contributed by atoms with E-state index in [0.29, 0.717) is 19.7 Å². The van der Waals surface area contributed by atoms with Crippen LogP contribution in [0.15, 0.2) is 0 Å². The number of carboxylic acid groups (broad SMARTS) is 1. The molecule has 250 valence electrons. The van der Waals surface area contributed by atoms with Crippen molar-refractivity contribution in [2.24, 2.45) is 0 Å². The quantitative estimate of drug-likeness (QED) is 0.0433. The number of amides is 4. The molecule has 0 aliphatic carbocycles. The van der Waals surface area contributed by atoms with Crippen molar-refractivity contribution in [1.29, 1.82) is 0 Å². The van der Waals surface area contributed by atoms with E-state index >= 15 is 0 Å². The lowest BCUT2D eigenvalue weighted by atomic mass is 10.1. The third-order valence-corrected chi connectivity index (χ3v) is 5.67. The van der Waals surface area contributed by atoms with Crippen molar-refractivity contribution >= 4 is 29.6 Å². The molecule has 0 aromatic heterocycles. The summed E-state index contributed by atoms with van der Waals surface area (Å²) in [5.74, 6) is -2.41. The molecule has 0 aromatic carbocycles. The molecule has 0 bridgehead atoms. The van der Waals surface area contributed by atoms with E-state index in [-0.39, 0.29) is 95.8 Å². The molecule has 0 radical (unpaired) electrons. The maximum Gasteiger partial charge on any atom is 0.326 e. The molecule has 0 aliphatic heterocycles. The SMILES string of the molecule is CCC(=O)N[C@@H](CCC(=O)NCCOCCOCC(=O)NCCOCCOCC(=O)NCCCC[C@@H](C)NOC)C(=O)O. The van der Waals surface area contributed by atoms with Crippen LogP contribution in [0.1, 0.15) is 52.4 Å². The minimum atomic E-state index is -1.19. The van der Waals surface area contributed by atoms with Gasteiger partial charge >= 0.3 is 5.97 Å². The molecule has 43 heavy (non-hydrogen) atoms. The fourth-order valence-electron chi connectivity index (χ4n) is 3.38. The molecule has 6 N–H and O–H groups in total. The van der Waals surface area contributed by atoms with E-state index in [4.69, 9.17) is 28.9 Å². The van der Waals surface area contributed by atoms with Crippen LogP contribution in [0.3, 0.4) is 0 Å². The molecule has 0 spiro atoms. The summed E-state index contributed by atoms with van der Waals surface area (Å²) in [6.07, 6.45) is 2.90. The highest BCUT2D eigenvalue weighted by Crippen LogP contribution is 2.00. The van der Waals surface area contributed by atoms with E-state index in [2.05, 4.69) is 26.7 Å². The van der Waals surface area contributed by atoms with E-state index in [1.165, 1.54) is 0 Å². The first-order chi connectivity index (χ1) is 20.7. The summed E-state index contributed by atoms with van der Waals surface area (Å²) in [5.41, 5.74) is 2.86. The smallest absolute Gasteiger partial charge is 0.326 e. The van der Waals surface area contributed by atoms with Crippen LogP contribution in [0, 0.1) is 0 Å². The summed E-state index contributed by atoms with van der Waals surface area (Å²) in [5, 5.41) is 19.5. The first kappa shape index (κ1) is 40.1. The zero-order valence-corrected chi connectivity index (χ0v) is 25.7. The lowest BCUT2D eigenvalue weighted by Crippen LogP contribution is -2.41. The molecule has 16 heteroatoms. The zero-order chi connectivity index (χ0) is 32.1. The molecule has 0 aromatic rings. The van der Waals surface area contributed by atoms with Gasteiger partial charge in [0.05, 0.1) is 46.8 Å². The second-order valence-electron chi connectivity index (χ2n) is 9.45. The van der Waals surface area contributed by atoms with E-state index in [1.54, 1.807) is 14.0 Å². The number of aliphatic carboxylic acids is 1. The van der Waals surface area contributed by atoms with Crippen molar-refractivity contribution in [3.05, 3.63) is 0 Å². The Kier molecular flexibility index (Phi) is 26.0. The van der Waals surface area contributed by atoms with E-state index < -0.39 is 17.9 Å². The predicted octanol–water partition coefficient (Wildman–Crippen LogP) is -1.13.